The molecule has 0 bridgehead atoms. The molecule has 0 radical (unpaired) electrons. The number of alkyl halides is 3. The summed E-state index contributed by atoms with van der Waals surface area (Å²) in [5.74, 6) is -0.151. The lowest BCUT2D eigenvalue weighted by atomic mass is 9.99. The average Bonchev–Trinajstić information content (AvgIpc) is 2.78. The number of aryl methyl sites for hydroxylation is 1. The number of aromatic nitrogens is 1. The fourth-order valence-electron chi connectivity index (χ4n) is 3.42. The SMILES string of the molecule is Cc1ccc(NC(=O)c2ccc(CN)c(C(F)(F)F)c2)cc1-c1cnc(N(C)C)c(C#N)c1. The lowest BCUT2D eigenvalue weighted by Crippen LogP contribution is -2.17. The van der Waals surface area contributed by atoms with Crippen molar-refractivity contribution in [2.45, 2.75) is 19.6 Å². The maximum atomic E-state index is 13.3. The molecule has 0 spiro atoms. The number of nitrogens with zero attached hydrogens (tertiary/aromatic N) is 3. The summed E-state index contributed by atoms with van der Waals surface area (Å²) >= 11 is 0. The van der Waals surface area contributed by atoms with Crippen LogP contribution in [0.15, 0.2) is 48.7 Å². The van der Waals surface area contributed by atoms with Gasteiger partial charge in [-0.25, -0.2) is 4.98 Å². The Morgan fingerprint density at radius 3 is 2.52 bits per heavy atom. The molecule has 3 aromatic rings. The van der Waals surface area contributed by atoms with Gasteiger partial charge in [-0.2, -0.15) is 18.4 Å². The third kappa shape index (κ3) is 5.13. The number of benzene rings is 2. The molecule has 1 heterocycles. The van der Waals surface area contributed by atoms with Gasteiger partial charge in [-0.05, 0) is 53.9 Å². The number of hydrogen-bond acceptors (Lipinski definition) is 5. The highest BCUT2D eigenvalue weighted by molar-refractivity contribution is 6.04. The van der Waals surface area contributed by atoms with Crippen molar-refractivity contribution in [3.63, 3.8) is 0 Å². The van der Waals surface area contributed by atoms with Crippen LogP contribution in [-0.2, 0) is 12.7 Å². The molecule has 6 nitrogen and oxygen atoms in total. The van der Waals surface area contributed by atoms with Crippen LogP contribution < -0.4 is 16.0 Å². The Hall–Kier alpha value is -3.90. The second-order valence-corrected chi connectivity index (χ2v) is 7.66. The largest absolute Gasteiger partial charge is 0.416 e. The minimum atomic E-state index is -4.62. The molecule has 0 saturated carbocycles. The first kappa shape index (κ1) is 23.8. The third-order valence-electron chi connectivity index (χ3n) is 5.11. The van der Waals surface area contributed by atoms with Gasteiger partial charge in [-0.3, -0.25) is 4.79 Å². The van der Waals surface area contributed by atoms with Gasteiger partial charge in [0, 0.05) is 43.7 Å². The van der Waals surface area contributed by atoms with E-state index in [4.69, 9.17) is 5.73 Å². The Bertz CT molecular complexity index is 1250. The van der Waals surface area contributed by atoms with E-state index < -0.39 is 17.6 Å². The Morgan fingerprint density at radius 1 is 1.18 bits per heavy atom. The highest BCUT2D eigenvalue weighted by Gasteiger charge is 2.33. The van der Waals surface area contributed by atoms with E-state index >= 15 is 0 Å². The first-order valence-electron chi connectivity index (χ1n) is 9.95. The van der Waals surface area contributed by atoms with Crippen molar-refractivity contribution in [3.8, 4) is 17.2 Å². The van der Waals surface area contributed by atoms with E-state index in [9.17, 15) is 23.2 Å². The molecule has 170 valence electrons. The topological polar surface area (TPSA) is 95.0 Å². The second-order valence-electron chi connectivity index (χ2n) is 7.66. The van der Waals surface area contributed by atoms with Gasteiger partial charge in [-0.15, -0.1) is 0 Å². The Kier molecular flexibility index (Phi) is 6.70. The standard InChI is InChI=1S/C24H22F3N5O/c1-14-4-7-19(10-20(14)18-8-17(12-29)22(30-13-18)32(2)3)31-23(33)15-5-6-16(11-28)21(9-15)24(25,26)27/h4-10,13H,11,28H2,1-3H3,(H,31,33). The van der Waals surface area contributed by atoms with Gasteiger partial charge in [0.05, 0.1) is 11.1 Å². The normalized spacial score (nSPS) is 11.1. The quantitative estimate of drug-likeness (QED) is 0.583. The molecule has 33 heavy (non-hydrogen) atoms. The van der Waals surface area contributed by atoms with E-state index in [1.165, 1.54) is 12.1 Å². The van der Waals surface area contributed by atoms with Crippen molar-refractivity contribution in [1.82, 2.24) is 4.98 Å². The number of halogens is 3. The summed E-state index contributed by atoms with van der Waals surface area (Å²) in [6, 6.07) is 12.3. The van der Waals surface area contributed by atoms with Crippen LogP contribution in [0.5, 0.6) is 0 Å². The van der Waals surface area contributed by atoms with Gasteiger partial charge >= 0.3 is 6.18 Å². The predicted molar refractivity (Wildman–Crippen MR) is 121 cm³/mol. The molecule has 0 unspecified atom stereocenters. The van der Waals surface area contributed by atoms with Crippen molar-refractivity contribution in [2.75, 3.05) is 24.3 Å². The molecular weight excluding hydrogens is 431 g/mol. The van der Waals surface area contributed by atoms with Gasteiger partial charge < -0.3 is 16.0 Å². The van der Waals surface area contributed by atoms with Crippen LogP contribution in [0.2, 0.25) is 0 Å². The summed E-state index contributed by atoms with van der Waals surface area (Å²) in [5, 5.41) is 12.1. The molecule has 1 aromatic heterocycles. The Labute approximate surface area is 189 Å². The maximum absolute atomic E-state index is 13.3. The molecule has 0 fully saturated rings. The number of nitriles is 1. The van der Waals surface area contributed by atoms with E-state index in [2.05, 4.69) is 16.4 Å². The number of hydrogen-bond donors (Lipinski definition) is 2. The number of carbonyl (C=O) groups is 1. The summed E-state index contributed by atoms with van der Waals surface area (Å²) < 4.78 is 39.9. The number of anilines is 2. The van der Waals surface area contributed by atoms with Gasteiger partial charge in [-0.1, -0.05) is 12.1 Å². The lowest BCUT2D eigenvalue weighted by molar-refractivity contribution is -0.138. The molecule has 1 amide bonds. The van der Waals surface area contributed by atoms with E-state index in [-0.39, 0.29) is 17.7 Å². The summed E-state index contributed by atoms with van der Waals surface area (Å²) in [4.78, 5) is 18.8. The van der Waals surface area contributed by atoms with Crippen molar-refractivity contribution < 1.29 is 18.0 Å². The lowest BCUT2D eigenvalue weighted by Gasteiger charge is -2.16. The smallest absolute Gasteiger partial charge is 0.362 e. The van der Waals surface area contributed by atoms with Crippen LogP contribution >= 0.6 is 0 Å². The van der Waals surface area contributed by atoms with Crippen LogP contribution in [0.4, 0.5) is 24.7 Å². The van der Waals surface area contributed by atoms with E-state index in [1.807, 2.05) is 6.92 Å². The molecule has 9 heteroatoms. The number of pyridine rings is 1. The molecule has 0 aliphatic carbocycles. The zero-order valence-corrected chi connectivity index (χ0v) is 18.3. The van der Waals surface area contributed by atoms with Crippen molar-refractivity contribution >= 4 is 17.4 Å². The number of amides is 1. The highest BCUT2D eigenvalue weighted by atomic mass is 19.4. The molecule has 3 rings (SSSR count). The number of nitrogens with one attached hydrogen (secondary N) is 1. The Balaban J connectivity index is 1.94. The molecule has 0 atom stereocenters. The highest BCUT2D eigenvalue weighted by Crippen LogP contribution is 2.33. The number of rotatable bonds is 5. The number of carbonyl (C=O) groups excluding carboxylic acids is 1. The van der Waals surface area contributed by atoms with E-state index in [0.29, 0.717) is 22.6 Å². The summed E-state index contributed by atoms with van der Waals surface area (Å²) in [6.07, 6.45) is -2.99. The minimum absolute atomic E-state index is 0.0846. The fraction of sp³-hybridized carbons (Fsp3) is 0.208. The zero-order chi connectivity index (χ0) is 24.3. The first-order valence-corrected chi connectivity index (χ1v) is 9.95. The molecule has 3 N–H and O–H groups in total. The van der Waals surface area contributed by atoms with Crippen molar-refractivity contribution in [1.29, 1.82) is 5.26 Å². The fourth-order valence-corrected chi connectivity index (χ4v) is 3.42. The molecule has 0 saturated heterocycles. The zero-order valence-electron chi connectivity index (χ0n) is 18.3. The van der Waals surface area contributed by atoms with Crippen LogP contribution in [-0.4, -0.2) is 25.0 Å². The van der Waals surface area contributed by atoms with Crippen molar-refractivity contribution in [2.24, 2.45) is 5.73 Å². The third-order valence-corrected chi connectivity index (χ3v) is 5.11. The molecule has 2 aromatic carbocycles. The maximum Gasteiger partial charge on any atom is 0.416 e. The van der Waals surface area contributed by atoms with Gasteiger partial charge in [0.1, 0.15) is 11.9 Å². The monoisotopic (exact) mass is 453 g/mol. The Morgan fingerprint density at radius 2 is 1.91 bits per heavy atom. The minimum Gasteiger partial charge on any atom is -0.362 e. The summed E-state index contributed by atoms with van der Waals surface area (Å²) in [6.45, 7) is 1.58. The second kappa shape index (κ2) is 9.30. The number of nitrogens with two attached hydrogens (primary N) is 1. The van der Waals surface area contributed by atoms with Crippen LogP contribution in [0, 0.1) is 18.3 Å². The average molecular weight is 453 g/mol. The molecule has 0 aliphatic heterocycles. The predicted octanol–water partition coefficient (Wildman–Crippen LogP) is 4.72. The van der Waals surface area contributed by atoms with Crippen molar-refractivity contribution in [3.05, 3.63) is 76.5 Å². The van der Waals surface area contributed by atoms with E-state index in [1.54, 1.807) is 49.5 Å². The van der Waals surface area contributed by atoms with Crippen LogP contribution in [0.3, 0.4) is 0 Å². The summed E-state index contributed by atoms with van der Waals surface area (Å²) in [5.41, 5.74) is 7.33. The van der Waals surface area contributed by atoms with Gasteiger partial charge in [0.25, 0.3) is 5.91 Å². The van der Waals surface area contributed by atoms with Gasteiger partial charge in [0.15, 0.2) is 0 Å². The van der Waals surface area contributed by atoms with Gasteiger partial charge in [0.2, 0.25) is 0 Å². The molecular formula is C24H22F3N5O. The van der Waals surface area contributed by atoms with E-state index in [0.717, 1.165) is 17.2 Å². The van der Waals surface area contributed by atoms with Crippen LogP contribution in [0.1, 0.15) is 32.6 Å². The van der Waals surface area contributed by atoms with Crippen LogP contribution in [0.25, 0.3) is 11.1 Å². The summed E-state index contributed by atoms with van der Waals surface area (Å²) in [7, 11) is 3.57. The first-order chi connectivity index (χ1) is 15.5. The molecule has 0 aliphatic rings.